The molecule has 2 fully saturated rings. The highest BCUT2D eigenvalue weighted by atomic mass is 16.5. The molecule has 0 amide bonds. The van der Waals surface area contributed by atoms with Crippen molar-refractivity contribution in [2.45, 2.75) is 45.1 Å². The van der Waals surface area contributed by atoms with Gasteiger partial charge in [-0.05, 0) is 38.0 Å². The van der Waals surface area contributed by atoms with Crippen molar-refractivity contribution in [3.8, 4) is 0 Å². The van der Waals surface area contributed by atoms with Crippen LogP contribution in [0, 0.1) is 11.3 Å². The minimum Gasteiger partial charge on any atom is -0.396 e. The van der Waals surface area contributed by atoms with Crippen LogP contribution in [0.5, 0.6) is 0 Å². The van der Waals surface area contributed by atoms with E-state index in [0.29, 0.717) is 6.04 Å². The molecule has 0 bridgehead atoms. The number of hydrogen-bond acceptors (Lipinski definition) is 3. The highest BCUT2D eigenvalue weighted by Gasteiger charge is 2.35. The minimum atomic E-state index is 0.209. The molecule has 1 aliphatic heterocycles. The Kier molecular flexibility index (Phi) is 4.22. The Bertz CT molecular complexity index is 214. The summed E-state index contributed by atoms with van der Waals surface area (Å²) >= 11 is 0. The molecule has 0 spiro atoms. The van der Waals surface area contributed by atoms with Gasteiger partial charge in [0.25, 0.3) is 0 Å². The molecule has 2 aliphatic rings. The van der Waals surface area contributed by atoms with Crippen LogP contribution >= 0.6 is 0 Å². The minimum absolute atomic E-state index is 0.209. The Morgan fingerprint density at radius 2 is 2.31 bits per heavy atom. The van der Waals surface area contributed by atoms with Crippen LogP contribution < -0.4 is 5.32 Å². The van der Waals surface area contributed by atoms with Gasteiger partial charge in [-0.2, -0.15) is 0 Å². The summed E-state index contributed by atoms with van der Waals surface area (Å²) in [5.74, 6) is 0.881. The zero-order valence-corrected chi connectivity index (χ0v) is 10.4. The van der Waals surface area contributed by atoms with E-state index in [-0.39, 0.29) is 12.0 Å². The average Bonchev–Trinajstić information content (AvgIpc) is 2.86. The van der Waals surface area contributed by atoms with E-state index in [1.807, 2.05) is 0 Å². The summed E-state index contributed by atoms with van der Waals surface area (Å²) in [7, 11) is 0. The van der Waals surface area contributed by atoms with E-state index in [4.69, 9.17) is 9.84 Å². The maximum absolute atomic E-state index is 9.14. The molecule has 1 saturated heterocycles. The molecule has 1 aliphatic carbocycles. The zero-order valence-electron chi connectivity index (χ0n) is 10.4. The number of nitrogens with one attached hydrogen (secondary N) is 1. The van der Waals surface area contributed by atoms with E-state index < -0.39 is 0 Å². The molecule has 16 heavy (non-hydrogen) atoms. The third-order valence-corrected chi connectivity index (χ3v) is 4.29. The average molecular weight is 227 g/mol. The molecule has 0 aromatic carbocycles. The van der Waals surface area contributed by atoms with Crippen molar-refractivity contribution in [2.24, 2.45) is 11.3 Å². The van der Waals surface area contributed by atoms with Gasteiger partial charge in [-0.1, -0.05) is 6.92 Å². The van der Waals surface area contributed by atoms with Crippen molar-refractivity contribution < 1.29 is 9.84 Å². The van der Waals surface area contributed by atoms with E-state index in [1.165, 1.54) is 19.3 Å². The van der Waals surface area contributed by atoms with Crippen molar-refractivity contribution >= 4 is 0 Å². The monoisotopic (exact) mass is 227 g/mol. The number of ether oxygens (including phenoxy) is 1. The third kappa shape index (κ3) is 2.96. The summed E-state index contributed by atoms with van der Waals surface area (Å²) in [4.78, 5) is 0. The van der Waals surface area contributed by atoms with Gasteiger partial charge in [-0.3, -0.25) is 0 Å². The van der Waals surface area contributed by atoms with Crippen LogP contribution in [0.2, 0.25) is 0 Å². The molecule has 0 aromatic heterocycles. The fourth-order valence-corrected chi connectivity index (χ4v) is 3.07. The van der Waals surface area contributed by atoms with Crippen LogP contribution in [0.1, 0.15) is 39.0 Å². The van der Waals surface area contributed by atoms with Crippen LogP contribution in [0.15, 0.2) is 0 Å². The molecular weight excluding hydrogens is 202 g/mol. The number of aliphatic hydroxyl groups is 1. The van der Waals surface area contributed by atoms with E-state index in [0.717, 1.165) is 38.5 Å². The number of aliphatic hydroxyl groups excluding tert-OH is 1. The lowest BCUT2D eigenvalue weighted by Crippen LogP contribution is -2.40. The van der Waals surface area contributed by atoms with Gasteiger partial charge in [0.15, 0.2) is 0 Å². The van der Waals surface area contributed by atoms with Crippen molar-refractivity contribution in [3.05, 3.63) is 0 Å². The van der Waals surface area contributed by atoms with Crippen molar-refractivity contribution in [1.82, 2.24) is 5.32 Å². The van der Waals surface area contributed by atoms with Crippen molar-refractivity contribution in [2.75, 3.05) is 26.4 Å². The first-order valence-electron chi connectivity index (χ1n) is 6.66. The predicted octanol–water partition coefficient (Wildman–Crippen LogP) is 1.55. The summed E-state index contributed by atoms with van der Waals surface area (Å²) in [5.41, 5.74) is 0.209. The Morgan fingerprint density at radius 3 is 2.88 bits per heavy atom. The Balaban J connectivity index is 1.78. The Morgan fingerprint density at radius 1 is 1.44 bits per heavy atom. The second-order valence-electron chi connectivity index (χ2n) is 5.77. The summed E-state index contributed by atoms with van der Waals surface area (Å²) in [6.45, 7) is 5.33. The van der Waals surface area contributed by atoms with E-state index in [9.17, 15) is 0 Å². The quantitative estimate of drug-likeness (QED) is 0.749. The van der Waals surface area contributed by atoms with E-state index >= 15 is 0 Å². The SMILES string of the molecule is CC1CCC(NCC2(CCO)CCOC2)C1. The van der Waals surface area contributed by atoms with E-state index in [2.05, 4.69) is 12.2 Å². The molecule has 0 radical (unpaired) electrons. The van der Waals surface area contributed by atoms with Gasteiger partial charge < -0.3 is 15.2 Å². The van der Waals surface area contributed by atoms with Gasteiger partial charge in [-0.15, -0.1) is 0 Å². The Hall–Kier alpha value is -0.120. The molecule has 1 saturated carbocycles. The first-order chi connectivity index (χ1) is 7.74. The molecule has 2 rings (SSSR count). The van der Waals surface area contributed by atoms with Gasteiger partial charge in [0.2, 0.25) is 0 Å². The second-order valence-corrected chi connectivity index (χ2v) is 5.77. The fourth-order valence-electron chi connectivity index (χ4n) is 3.07. The van der Waals surface area contributed by atoms with Crippen molar-refractivity contribution in [1.29, 1.82) is 0 Å². The maximum atomic E-state index is 9.14. The molecule has 2 N–H and O–H groups in total. The normalized spacial score (nSPS) is 39.4. The van der Waals surface area contributed by atoms with Crippen LogP contribution in [0.3, 0.4) is 0 Å². The van der Waals surface area contributed by atoms with Crippen LogP contribution in [-0.2, 0) is 4.74 Å². The zero-order chi connectivity index (χ0) is 11.4. The lowest BCUT2D eigenvalue weighted by molar-refractivity contribution is 0.122. The summed E-state index contributed by atoms with van der Waals surface area (Å²) < 4.78 is 5.50. The first kappa shape index (κ1) is 12.3. The van der Waals surface area contributed by atoms with Gasteiger partial charge in [-0.25, -0.2) is 0 Å². The Labute approximate surface area is 98.6 Å². The van der Waals surface area contributed by atoms with Crippen LogP contribution in [-0.4, -0.2) is 37.5 Å². The predicted molar refractivity (Wildman–Crippen MR) is 64.4 cm³/mol. The molecule has 3 atom stereocenters. The molecule has 0 aromatic rings. The van der Waals surface area contributed by atoms with Gasteiger partial charge >= 0.3 is 0 Å². The fraction of sp³-hybridized carbons (Fsp3) is 1.00. The second kappa shape index (κ2) is 5.48. The first-order valence-corrected chi connectivity index (χ1v) is 6.66. The topological polar surface area (TPSA) is 41.5 Å². The molecule has 94 valence electrons. The molecule has 3 nitrogen and oxygen atoms in total. The van der Waals surface area contributed by atoms with Gasteiger partial charge in [0.05, 0.1) is 6.61 Å². The van der Waals surface area contributed by atoms with E-state index in [1.54, 1.807) is 0 Å². The number of rotatable bonds is 5. The van der Waals surface area contributed by atoms with Crippen LogP contribution in [0.4, 0.5) is 0 Å². The highest BCUT2D eigenvalue weighted by Crippen LogP contribution is 2.32. The maximum Gasteiger partial charge on any atom is 0.0536 e. The molecule has 3 heteroatoms. The summed E-state index contributed by atoms with van der Waals surface area (Å²) in [6, 6.07) is 0.700. The summed E-state index contributed by atoms with van der Waals surface area (Å²) in [5, 5.41) is 12.8. The standard InChI is InChI=1S/C13H25NO2/c1-11-2-3-12(8-11)14-9-13(4-6-15)5-7-16-10-13/h11-12,14-15H,2-10H2,1H3. The molecule has 3 unspecified atom stereocenters. The molecule has 1 heterocycles. The largest absolute Gasteiger partial charge is 0.396 e. The number of hydrogen-bond donors (Lipinski definition) is 2. The van der Waals surface area contributed by atoms with Gasteiger partial charge in [0, 0.05) is 31.2 Å². The molecular formula is C13H25NO2. The van der Waals surface area contributed by atoms with Crippen molar-refractivity contribution in [3.63, 3.8) is 0 Å². The highest BCUT2D eigenvalue weighted by molar-refractivity contribution is 4.88. The lowest BCUT2D eigenvalue weighted by Gasteiger charge is -2.28. The summed E-state index contributed by atoms with van der Waals surface area (Å²) in [6.07, 6.45) is 5.97. The smallest absolute Gasteiger partial charge is 0.0536 e. The van der Waals surface area contributed by atoms with Gasteiger partial charge in [0.1, 0.15) is 0 Å². The lowest BCUT2D eigenvalue weighted by atomic mass is 9.83. The van der Waals surface area contributed by atoms with Crippen LogP contribution in [0.25, 0.3) is 0 Å². The third-order valence-electron chi connectivity index (χ3n) is 4.29.